The quantitative estimate of drug-likeness (QED) is 0.797. The Hall–Kier alpha value is -2.11. The van der Waals surface area contributed by atoms with E-state index in [9.17, 15) is 14.0 Å². The lowest BCUT2D eigenvalue weighted by molar-refractivity contribution is -0.141. The van der Waals surface area contributed by atoms with Crippen LogP contribution in [0, 0.1) is 11.7 Å². The SMILES string of the molecule is CCC(CNC(=O)Cc1ccc(OC)c(F)c1)C(=O)O. The van der Waals surface area contributed by atoms with Gasteiger partial charge in [0.15, 0.2) is 11.6 Å². The molecule has 0 saturated heterocycles. The summed E-state index contributed by atoms with van der Waals surface area (Å²) >= 11 is 0. The van der Waals surface area contributed by atoms with Gasteiger partial charge in [-0.05, 0) is 24.1 Å². The Bertz CT molecular complexity index is 490. The fourth-order valence-corrected chi connectivity index (χ4v) is 1.71. The topological polar surface area (TPSA) is 75.6 Å². The molecule has 1 aromatic carbocycles. The van der Waals surface area contributed by atoms with Crippen LogP contribution in [0.25, 0.3) is 0 Å². The van der Waals surface area contributed by atoms with Crippen LogP contribution in [0.3, 0.4) is 0 Å². The van der Waals surface area contributed by atoms with E-state index in [1.807, 2.05) is 0 Å². The van der Waals surface area contributed by atoms with E-state index >= 15 is 0 Å². The minimum atomic E-state index is -0.941. The van der Waals surface area contributed by atoms with E-state index in [-0.39, 0.29) is 24.6 Å². The molecule has 110 valence electrons. The minimum absolute atomic E-state index is 0.00301. The molecule has 0 fully saturated rings. The second-order valence-corrected chi connectivity index (χ2v) is 4.39. The molecule has 0 bridgehead atoms. The molecule has 5 nitrogen and oxygen atoms in total. The van der Waals surface area contributed by atoms with Crippen LogP contribution < -0.4 is 10.1 Å². The van der Waals surface area contributed by atoms with Crippen molar-refractivity contribution in [2.24, 2.45) is 5.92 Å². The predicted octanol–water partition coefficient (Wildman–Crippen LogP) is 1.60. The van der Waals surface area contributed by atoms with E-state index in [2.05, 4.69) is 5.32 Å². The number of carboxylic acid groups (broad SMARTS) is 1. The number of aliphatic carboxylic acids is 1. The summed E-state index contributed by atoms with van der Waals surface area (Å²) in [7, 11) is 1.36. The van der Waals surface area contributed by atoms with Gasteiger partial charge in [0.2, 0.25) is 5.91 Å². The molecule has 1 aromatic rings. The van der Waals surface area contributed by atoms with E-state index < -0.39 is 17.7 Å². The number of carbonyl (C=O) groups excluding carboxylic acids is 1. The average Bonchev–Trinajstić information content (AvgIpc) is 2.39. The van der Waals surface area contributed by atoms with Crippen molar-refractivity contribution >= 4 is 11.9 Å². The van der Waals surface area contributed by atoms with Gasteiger partial charge in [0.25, 0.3) is 0 Å². The second kappa shape index (κ2) is 7.47. The average molecular weight is 283 g/mol. The number of hydrogen-bond acceptors (Lipinski definition) is 3. The molecule has 1 amide bonds. The monoisotopic (exact) mass is 283 g/mol. The molecule has 0 spiro atoms. The van der Waals surface area contributed by atoms with Crippen LogP contribution in [0.5, 0.6) is 5.75 Å². The molecule has 0 aliphatic heterocycles. The van der Waals surface area contributed by atoms with Crippen molar-refractivity contribution in [3.05, 3.63) is 29.6 Å². The van der Waals surface area contributed by atoms with Gasteiger partial charge in [-0.1, -0.05) is 13.0 Å². The van der Waals surface area contributed by atoms with E-state index in [1.165, 1.54) is 19.2 Å². The van der Waals surface area contributed by atoms with Crippen LogP contribution in [0.2, 0.25) is 0 Å². The highest BCUT2D eigenvalue weighted by Gasteiger charge is 2.16. The summed E-state index contributed by atoms with van der Waals surface area (Å²) in [6.07, 6.45) is 0.434. The van der Waals surface area contributed by atoms with Gasteiger partial charge in [0.1, 0.15) is 0 Å². The largest absolute Gasteiger partial charge is 0.494 e. The van der Waals surface area contributed by atoms with E-state index in [0.29, 0.717) is 12.0 Å². The molecule has 0 saturated carbocycles. The number of ether oxygens (including phenoxy) is 1. The van der Waals surface area contributed by atoms with E-state index in [4.69, 9.17) is 9.84 Å². The van der Waals surface area contributed by atoms with Crippen LogP contribution in [0.4, 0.5) is 4.39 Å². The number of methoxy groups -OCH3 is 1. The van der Waals surface area contributed by atoms with Gasteiger partial charge in [-0.3, -0.25) is 9.59 Å². The highest BCUT2D eigenvalue weighted by Crippen LogP contribution is 2.17. The zero-order chi connectivity index (χ0) is 15.1. The first kappa shape index (κ1) is 15.9. The third-order valence-corrected chi connectivity index (χ3v) is 2.97. The molecule has 0 aromatic heterocycles. The highest BCUT2D eigenvalue weighted by molar-refractivity contribution is 5.79. The number of nitrogens with one attached hydrogen (secondary N) is 1. The fourth-order valence-electron chi connectivity index (χ4n) is 1.71. The summed E-state index contributed by atoms with van der Waals surface area (Å²) in [5, 5.41) is 11.4. The lowest BCUT2D eigenvalue weighted by atomic mass is 10.1. The first-order valence-corrected chi connectivity index (χ1v) is 6.29. The van der Waals surface area contributed by atoms with Gasteiger partial charge in [-0.2, -0.15) is 0 Å². The number of hydrogen-bond donors (Lipinski definition) is 2. The smallest absolute Gasteiger partial charge is 0.308 e. The van der Waals surface area contributed by atoms with Gasteiger partial charge < -0.3 is 15.2 Å². The maximum absolute atomic E-state index is 13.4. The summed E-state index contributed by atoms with van der Waals surface area (Å²) in [6.45, 7) is 1.81. The van der Waals surface area contributed by atoms with Crippen LogP contribution in [0.1, 0.15) is 18.9 Å². The van der Waals surface area contributed by atoms with Crippen molar-refractivity contribution in [2.45, 2.75) is 19.8 Å². The van der Waals surface area contributed by atoms with Crippen molar-refractivity contribution in [2.75, 3.05) is 13.7 Å². The van der Waals surface area contributed by atoms with Crippen LogP contribution in [-0.2, 0) is 16.0 Å². The normalized spacial score (nSPS) is 11.8. The van der Waals surface area contributed by atoms with Gasteiger partial charge in [-0.15, -0.1) is 0 Å². The third kappa shape index (κ3) is 4.53. The Morgan fingerprint density at radius 2 is 2.15 bits per heavy atom. The zero-order valence-corrected chi connectivity index (χ0v) is 11.5. The number of carboxylic acids is 1. The minimum Gasteiger partial charge on any atom is -0.494 e. The molecular weight excluding hydrogens is 265 g/mol. The maximum atomic E-state index is 13.4. The molecule has 1 atom stereocenters. The zero-order valence-electron chi connectivity index (χ0n) is 11.5. The van der Waals surface area contributed by atoms with Crippen LogP contribution in [-0.4, -0.2) is 30.6 Å². The van der Waals surface area contributed by atoms with Crippen LogP contribution >= 0.6 is 0 Å². The molecule has 20 heavy (non-hydrogen) atoms. The Morgan fingerprint density at radius 1 is 1.45 bits per heavy atom. The first-order valence-electron chi connectivity index (χ1n) is 6.29. The van der Waals surface area contributed by atoms with Gasteiger partial charge >= 0.3 is 5.97 Å². The van der Waals surface area contributed by atoms with Crippen LogP contribution in [0.15, 0.2) is 18.2 Å². The number of benzene rings is 1. The summed E-state index contributed by atoms with van der Waals surface area (Å²) < 4.78 is 18.2. The number of halogens is 1. The number of amides is 1. The van der Waals surface area contributed by atoms with E-state index in [1.54, 1.807) is 13.0 Å². The molecule has 0 radical (unpaired) electrons. The Balaban J connectivity index is 2.54. The lowest BCUT2D eigenvalue weighted by Gasteiger charge is -2.11. The molecule has 0 heterocycles. The number of carbonyl (C=O) groups is 2. The molecule has 6 heteroatoms. The van der Waals surface area contributed by atoms with Crippen molar-refractivity contribution in [3.63, 3.8) is 0 Å². The van der Waals surface area contributed by atoms with Crippen molar-refractivity contribution in [1.29, 1.82) is 0 Å². The lowest BCUT2D eigenvalue weighted by Crippen LogP contribution is -2.33. The summed E-state index contributed by atoms with van der Waals surface area (Å²) in [4.78, 5) is 22.5. The van der Waals surface area contributed by atoms with E-state index in [0.717, 1.165) is 0 Å². The molecule has 0 aliphatic carbocycles. The van der Waals surface area contributed by atoms with Gasteiger partial charge in [0.05, 0.1) is 19.4 Å². The van der Waals surface area contributed by atoms with Crippen molar-refractivity contribution in [1.82, 2.24) is 5.32 Å². The second-order valence-electron chi connectivity index (χ2n) is 4.39. The Labute approximate surface area is 116 Å². The van der Waals surface area contributed by atoms with Crippen molar-refractivity contribution in [3.8, 4) is 5.75 Å². The Kier molecular flexibility index (Phi) is 5.96. The molecule has 0 aliphatic rings. The molecule has 1 unspecified atom stereocenters. The first-order chi connectivity index (χ1) is 9.47. The summed E-state index contributed by atoms with van der Waals surface area (Å²) in [6, 6.07) is 4.27. The molecule has 1 rings (SSSR count). The van der Waals surface area contributed by atoms with Crippen molar-refractivity contribution < 1.29 is 23.8 Å². The standard InChI is InChI=1S/C14H18FNO4/c1-3-10(14(18)19)8-16-13(17)7-9-4-5-12(20-2)11(15)6-9/h4-6,10H,3,7-8H2,1-2H3,(H,16,17)(H,18,19). The molecular formula is C14H18FNO4. The van der Waals surface area contributed by atoms with Gasteiger partial charge in [0, 0.05) is 6.54 Å². The fraction of sp³-hybridized carbons (Fsp3) is 0.429. The number of rotatable bonds is 7. The predicted molar refractivity (Wildman–Crippen MR) is 71.1 cm³/mol. The maximum Gasteiger partial charge on any atom is 0.308 e. The van der Waals surface area contributed by atoms with Gasteiger partial charge in [-0.25, -0.2) is 4.39 Å². The Morgan fingerprint density at radius 3 is 2.65 bits per heavy atom. The summed E-state index contributed by atoms with van der Waals surface area (Å²) in [5.41, 5.74) is 0.504. The third-order valence-electron chi connectivity index (χ3n) is 2.97. The molecule has 2 N–H and O–H groups in total. The summed E-state index contributed by atoms with van der Waals surface area (Å²) in [5.74, 6) is -2.30. The highest BCUT2D eigenvalue weighted by atomic mass is 19.1.